The zero-order chi connectivity index (χ0) is 96.1. The molecule has 27 unspecified atom stereocenters. The molecule has 0 aromatic carbocycles. The van der Waals surface area contributed by atoms with Crippen LogP contribution in [0.5, 0.6) is 0 Å². The Morgan fingerprint density at radius 1 is 0.463 bits per heavy atom. The molecule has 9 fully saturated rings. The van der Waals surface area contributed by atoms with Crippen LogP contribution in [0.2, 0.25) is 0 Å². The van der Waals surface area contributed by atoms with Crippen LogP contribution in [-0.2, 0) is 120 Å². The lowest BCUT2D eigenvalue weighted by atomic mass is 9.99. The topological polar surface area (TPSA) is 794 Å². The molecule has 15 N–H and O–H groups in total. The number of phosphoric ester groups is 2. The number of ether oxygens (including phenoxy) is 6. The third-order valence-electron chi connectivity index (χ3n) is 23.5. The number of aliphatic hydroxyl groups is 3. The van der Waals surface area contributed by atoms with Crippen molar-refractivity contribution in [2.75, 3.05) is 63.3 Å². The molecule has 0 aliphatic carbocycles. The molecule has 21 rings (SSSR count). The fraction of sp³-hybridized carbons (Fsp3) is 0.552. The van der Waals surface area contributed by atoms with Crippen molar-refractivity contribution in [2.24, 2.45) is 17.8 Å². The zero-order valence-electron chi connectivity index (χ0n) is 70.1. The summed E-state index contributed by atoms with van der Waals surface area (Å²) in [6.45, 7) is -2.61. The van der Waals surface area contributed by atoms with Gasteiger partial charge in [-0.2, -0.15) is 34.7 Å². The summed E-state index contributed by atoms with van der Waals surface area (Å²) in [4.78, 5) is 139. The van der Waals surface area contributed by atoms with Crippen LogP contribution in [0.1, 0.15) is 68.2 Å². The predicted octanol–water partition coefficient (Wildman–Crippen LogP) is -3.55. The molecule has 136 heavy (non-hydrogen) atoms. The van der Waals surface area contributed by atoms with Gasteiger partial charge >= 0.3 is 43.0 Å². The highest BCUT2D eigenvalue weighted by Crippen LogP contribution is 2.56. The Balaban J connectivity index is 0.000000131. The number of nitrogens with two attached hydrogens (primary N) is 2. The molecule has 0 spiro atoms. The fourth-order valence-corrected chi connectivity index (χ4v) is 23.7. The van der Waals surface area contributed by atoms with Crippen molar-refractivity contribution >= 4 is 144 Å². The Kier molecular flexibility index (Phi) is 25.5. The first-order chi connectivity index (χ1) is 64.6. The van der Waals surface area contributed by atoms with Crippen LogP contribution < -0.4 is 37.6 Å². The summed E-state index contributed by atoms with van der Waals surface area (Å²) in [5.41, 5.74) is 11.4. The first-order valence-electron chi connectivity index (χ1n) is 40.8. The summed E-state index contributed by atoms with van der Waals surface area (Å²) < 4.78 is 235. The van der Waals surface area contributed by atoms with Gasteiger partial charge in [0.2, 0.25) is 0 Å². The molecule has 0 radical (unpaired) electrons. The van der Waals surface area contributed by atoms with E-state index in [9.17, 15) is 78.8 Å². The number of nitrogen functional groups attached to an aromatic ring is 2. The molecule has 9 saturated heterocycles. The molecule has 0 saturated carbocycles. The minimum Gasteiger partial charge on any atom is -0.396 e. The number of rotatable bonds is 8. The first-order valence-corrected chi connectivity index (χ1v) is 50.7. The quantitative estimate of drug-likeness (QED) is 0.0517. The third-order valence-corrected chi connectivity index (χ3v) is 30.3. The Labute approximate surface area is 763 Å². The lowest BCUT2D eigenvalue weighted by Crippen LogP contribution is -2.43. The van der Waals surface area contributed by atoms with Gasteiger partial charge in [-0.25, -0.2) is 101 Å². The highest BCUT2D eigenvalue weighted by molar-refractivity contribution is 8.07. The van der Waals surface area contributed by atoms with Crippen LogP contribution >= 0.6 is 22.4 Å². The van der Waals surface area contributed by atoms with Crippen LogP contribution in [0.4, 0.5) is 20.4 Å². The molecule has 12 aromatic heterocycles. The lowest BCUT2D eigenvalue weighted by molar-refractivity contribution is -0.0584. The summed E-state index contributed by atoms with van der Waals surface area (Å²) in [6, 6.07) is 0. The van der Waals surface area contributed by atoms with E-state index in [4.69, 9.17) is 91.4 Å². The number of aryl methyl sites for hydroxylation is 3. The largest absolute Gasteiger partial charge is 0.472 e. The zero-order valence-corrected chi connectivity index (χ0v) is 76.0. The predicted molar refractivity (Wildman–Crippen MR) is 449 cm³/mol. The van der Waals surface area contributed by atoms with Gasteiger partial charge < -0.3 is 89.4 Å². The molecule has 60 nitrogen and oxygen atoms in total. The van der Waals surface area contributed by atoms with Gasteiger partial charge in [0.15, 0.2) is 112 Å². The second-order valence-corrected chi connectivity index (χ2v) is 42.2. The number of H-pyrrole nitrogens is 3. The number of nitrogens with zero attached hydrogens (tertiary/aromatic N) is 21. The van der Waals surface area contributed by atoms with Crippen molar-refractivity contribution in [2.45, 2.75) is 163 Å². The molecular weight excluding hydrogens is 1970 g/mol. The highest BCUT2D eigenvalue weighted by atomic mass is 32.5. The maximum Gasteiger partial charge on any atom is 0.472 e. The number of aromatic amines is 3. The van der Waals surface area contributed by atoms with E-state index in [1.165, 1.54) is 80.2 Å². The minimum absolute atomic E-state index is 0.00636. The van der Waals surface area contributed by atoms with Gasteiger partial charge in [-0.15, -0.1) is 0 Å². The second kappa shape index (κ2) is 36.4. The van der Waals surface area contributed by atoms with E-state index < -0.39 is 268 Å². The van der Waals surface area contributed by atoms with Crippen LogP contribution in [0, 0.1) is 38.5 Å². The number of nitrogens with one attached hydrogen (secondary N) is 5. The van der Waals surface area contributed by atoms with Crippen molar-refractivity contribution in [1.29, 1.82) is 0 Å². The number of hydrogen-bond acceptors (Lipinski definition) is 47. The summed E-state index contributed by atoms with van der Waals surface area (Å²) in [5, 5.41) is 31.7. The summed E-state index contributed by atoms with van der Waals surface area (Å²) >= 11 is 5.20. The van der Waals surface area contributed by atoms with Gasteiger partial charge in [-0.3, -0.25) is 68.6 Å². The number of phosphoric acid groups is 2. The van der Waals surface area contributed by atoms with Crippen LogP contribution in [0.25, 0.3) is 67.0 Å². The average molecular weight is 2050 g/mol. The summed E-state index contributed by atoms with van der Waals surface area (Å²) in [6.07, 6.45) is -18.0. The van der Waals surface area contributed by atoms with Gasteiger partial charge in [0.05, 0.1) is 101 Å². The Morgan fingerprint density at radius 3 is 1.33 bits per heavy atom. The molecule has 732 valence electrons. The molecule has 27 atom stereocenters. The van der Waals surface area contributed by atoms with Gasteiger partial charge in [-0.05, 0) is 39.0 Å². The number of aromatic nitrogens is 24. The third kappa shape index (κ3) is 18.3. The molecule has 9 aliphatic heterocycles. The molecule has 69 heteroatoms. The first kappa shape index (κ1) is 95.1. The van der Waals surface area contributed by atoms with E-state index in [2.05, 4.69) is 99.2 Å². The van der Waals surface area contributed by atoms with E-state index in [1.54, 1.807) is 20.8 Å². The SMILES string of the molecule is Cc1nc2c(ncn2C2OC3CCS(=O)(=O)OC4C(COP(=O)(O)OC2C3C)OC(n2cnc3cncnc32)C4O)c(=O)[nH]1.Cc1nc2c(ncn2C2OC3COP(=O)(O)OC4C(CNS(=O)(=O)OC2C3CO)OC(n2cnc3c(N)ncnc32)C4F)c(=O)[nH]1.Cc1nc2c(ncn2C2OC3COP(O)(=S)OC4C(CNS(=O)(=O)OC2C3CO)OC(n2cnc3c(N)ncnc32)C4F)c(=O)[nH]1. The second-order valence-electron chi connectivity index (χ2n) is 32.1. The van der Waals surface area contributed by atoms with Crippen molar-refractivity contribution in [1.82, 2.24) is 127 Å². The molecule has 9 aliphatic rings. The van der Waals surface area contributed by atoms with Gasteiger partial charge in [0.25, 0.3) is 26.8 Å². The smallest absolute Gasteiger partial charge is 0.396 e. The molecule has 21 heterocycles. The van der Waals surface area contributed by atoms with Crippen LogP contribution in [0.15, 0.2) is 77.5 Å². The van der Waals surface area contributed by atoms with Crippen molar-refractivity contribution in [3.8, 4) is 0 Å². The monoisotopic (exact) mass is 2050 g/mol. The molecule has 12 aromatic rings. The number of hydrogen-bond donors (Lipinski definition) is 13. The number of aliphatic hydroxyl groups excluding tert-OH is 3. The standard InChI is InChI=1S/C23H27N8O11PS.C22H26FN10O11PS.C22H26FN10O10PS2/c1-10-13-3-4-44(36,37)42-18-14(40-22(16(18)32)30-8-26-12-5-24-7-25-19(12)30)6-38-43(34,35)41-17(10)23(39-13)31-9-27-15-20(31)28-11(2)29-21(15)33;1-8-30-19-14(20(35)31-8)28-7-33(19)22-15-9(3-34)11(42-22)4-40-45(36,37)43-16-10(2-29-46(38,39)44-15)41-21(12(16)23)32-6-27-13-17(24)25-5-26-18(13)32;1-8-30-19-14(20(35)31-8)28-7-33(19)22-15-9(3-34)11(41-22)4-39-44(36,45)42-16-10(2-29-46(37,38)43-15)40-21(12(16)23)32-6-27-13-17(24)25-5-26-18(13)32/h5,7-10,13-14,16-18,22-23,32H,3-4,6H2,1-2H3,(H,34,35)(H,28,29,33);5-7,9-12,15-16,21-22,29,34H,2-4H2,1H3,(H,36,37)(H2,24,25,26)(H,30,31,35);5-7,9-12,15-16,21-22,29,34H,2-4H2,1H3,(H,36,45)(H2,24,25,26)(H,30,31,35). The number of imidazole rings is 6. The van der Waals surface area contributed by atoms with E-state index in [-0.39, 0.29) is 85.5 Å². The molecule has 6 bridgehead atoms. The summed E-state index contributed by atoms with van der Waals surface area (Å²) in [7, 11) is -23.7. The van der Waals surface area contributed by atoms with Crippen molar-refractivity contribution in [3.05, 3.63) is 112 Å². The minimum atomic E-state index is -5.10. The van der Waals surface area contributed by atoms with Crippen LogP contribution in [-0.4, -0.2) is 316 Å². The molecular formula is C67H79F2N28O32P3S4. The number of halogens is 2. The van der Waals surface area contributed by atoms with E-state index in [0.29, 0.717) is 17.0 Å². The lowest BCUT2D eigenvalue weighted by Gasteiger charge is -2.26. The maximum atomic E-state index is 16.0. The van der Waals surface area contributed by atoms with Gasteiger partial charge in [0, 0.05) is 30.8 Å². The van der Waals surface area contributed by atoms with E-state index in [0.717, 1.165) is 17.2 Å². The van der Waals surface area contributed by atoms with Crippen molar-refractivity contribution in [3.63, 3.8) is 0 Å². The number of alkyl halides is 2. The Morgan fingerprint density at radius 2 is 0.853 bits per heavy atom. The Bertz CT molecular complexity index is 7070. The van der Waals surface area contributed by atoms with Gasteiger partial charge in [0.1, 0.15) is 114 Å². The number of anilines is 2. The number of fused-ring (bicyclic) bond motifs is 15. The summed E-state index contributed by atoms with van der Waals surface area (Å²) in [5.74, 6) is -2.59. The fourth-order valence-electron chi connectivity index (χ4n) is 17.2. The van der Waals surface area contributed by atoms with Crippen molar-refractivity contribution < 1.29 is 141 Å². The highest BCUT2D eigenvalue weighted by Gasteiger charge is 2.58. The maximum absolute atomic E-state index is 16.0. The molecule has 0 amide bonds. The average Bonchev–Trinajstić information content (AvgIpc) is 1.52. The van der Waals surface area contributed by atoms with Crippen LogP contribution in [0.3, 0.4) is 0 Å². The normalized spacial score (nSPS) is 35.4. The van der Waals surface area contributed by atoms with E-state index >= 15 is 8.78 Å². The Hall–Kier alpha value is -9.80. The van der Waals surface area contributed by atoms with Gasteiger partial charge in [-0.1, -0.05) is 6.92 Å². The van der Waals surface area contributed by atoms with E-state index in [1.807, 2.05) is 0 Å².